The lowest BCUT2D eigenvalue weighted by atomic mass is 10.0. The number of carbonyl (C=O) groups excluding carboxylic acids is 2. The van der Waals surface area contributed by atoms with Crippen molar-refractivity contribution in [3.8, 4) is 0 Å². The van der Waals surface area contributed by atoms with Gasteiger partial charge in [0, 0.05) is 10.6 Å². The van der Waals surface area contributed by atoms with Crippen LogP contribution in [-0.2, 0) is 20.7 Å². The van der Waals surface area contributed by atoms with Crippen LogP contribution in [0.15, 0.2) is 47.4 Å². The number of hydrogen-bond donors (Lipinski definition) is 1. The van der Waals surface area contributed by atoms with Gasteiger partial charge in [0.05, 0.1) is 6.42 Å². The van der Waals surface area contributed by atoms with E-state index in [2.05, 4.69) is 5.32 Å². The number of aryl methyl sites for hydroxylation is 2. The SMILES string of the molecule is CSc1cccc(NC(=O)COC(=O)Cc2ccc(C)c(C)c2)c1. The first-order valence-electron chi connectivity index (χ1n) is 7.63. The van der Waals surface area contributed by atoms with E-state index >= 15 is 0 Å². The highest BCUT2D eigenvalue weighted by Crippen LogP contribution is 2.18. The Hall–Kier alpha value is -2.27. The minimum absolute atomic E-state index is 0.163. The third kappa shape index (κ3) is 5.42. The van der Waals surface area contributed by atoms with Gasteiger partial charge in [0.15, 0.2) is 6.61 Å². The molecule has 2 aromatic rings. The van der Waals surface area contributed by atoms with Gasteiger partial charge in [-0.3, -0.25) is 9.59 Å². The molecule has 0 aliphatic rings. The fourth-order valence-electron chi connectivity index (χ4n) is 2.18. The van der Waals surface area contributed by atoms with Crippen LogP contribution in [0.4, 0.5) is 5.69 Å². The first kappa shape index (κ1) is 18.1. The molecule has 0 aromatic heterocycles. The zero-order valence-corrected chi connectivity index (χ0v) is 14.9. The molecule has 126 valence electrons. The Morgan fingerprint density at radius 1 is 1.08 bits per heavy atom. The monoisotopic (exact) mass is 343 g/mol. The van der Waals surface area contributed by atoms with E-state index in [1.807, 2.05) is 56.5 Å². The summed E-state index contributed by atoms with van der Waals surface area (Å²) in [6, 6.07) is 13.3. The number of carbonyl (C=O) groups is 2. The summed E-state index contributed by atoms with van der Waals surface area (Å²) in [5.41, 5.74) is 3.89. The molecule has 0 radical (unpaired) electrons. The van der Waals surface area contributed by atoms with Crippen molar-refractivity contribution in [2.45, 2.75) is 25.2 Å². The summed E-state index contributed by atoms with van der Waals surface area (Å²) in [7, 11) is 0. The second-order valence-electron chi connectivity index (χ2n) is 5.54. The van der Waals surface area contributed by atoms with Gasteiger partial charge in [-0.15, -0.1) is 11.8 Å². The van der Waals surface area contributed by atoms with Crippen LogP contribution in [0, 0.1) is 13.8 Å². The Morgan fingerprint density at radius 3 is 2.58 bits per heavy atom. The van der Waals surface area contributed by atoms with Crippen LogP contribution in [-0.4, -0.2) is 24.7 Å². The lowest BCUT2D eigenvalue weighted by Gasteiger charge is -2.08. The van der Waals surface area contributed by atoms with Crippen molar-refractivity contribution in [3.05, 3.63) is 59.2 Å². The fraction of sp³-hybridized carbons (Fsp3) is 0.263. The van der Waals surface area contributed by atoms with E-state index in [-0.39, 0.29) is 18.9 Å². The van der Waals surface area contributed by atoms with Crippen LogP contribution in [0.1, 0.15) is 16.7 Å². The van der Waals surface area contributed by atoms with E-state index in [0.717, 1.165) is 16.0 Å². The molecule has 0 aliphatic carbocycles. The molecule has 4 nitrogen and oxygen atoms in total. The summed E-state index contributed by atoms with van der Waals surface area (Å²) in [4.78, 5) is 24.8. The molecule has 2 rings (SSSR count). The van der Waals surface area contributed by atoms with E-state index in [4.69, 9.17) is 4.74 Å². The van der Waals surface area contributed by atoms with Gasteiger partial charge < -0.3 is 10.1 Å². The van der Waals surface area contributed by atoms with Crippen molar-refractivity contribution in [3.63, 3.8) is 0 Å². The molecule has 0 heterocycles. The molecule has 5 heteroatoms. The van der Waals surface area contributed by atoms with Crippen LogP contribution in [0.3, 0.4) is 0 Å². The molecule has 0 atom stereocenters. The van der Waals surface area contributed by atoms with Crippen molar-refractivity contribution in [2.24, 2.45) is 0 Å². The lowest BCUT2D eigenvalue weighted by Crippen LogP contribution is -2.21. The number of hydrogen-bond acceptors (Lipinski definition) is 4. The minimum Gasteiger partial charge on any atom is -0.455 e. The quantitative estimate of drug-likeness (QED) is 0.641. The van der Waals surface area contributed by atoms with E-state index in [1.165, 1.54) is 5.56 Å². The maximum atomic E-state index is 11.9. The molecule has 0 spiro atoms. The molecule has 1 amide bonds. The first-order chi connectivity index (χ1) is 11.5. The van der Waals surface area contributed by atoms with Crippen LogP contribution < -0.4 is 5.32 Å². The fourth-order valence-corrected chi connectivity index (χ4v) is 2.63. The van der Waals surface area contributed by atoms with Crippen molar-refractivity contribution in [2.75, 3.05) is 18.2 Å². The molecular formula is C19H21NO3S. The molecule has 2 aromatic carbocycles. The van der Waals surface area contributed by atoms with Crippen LogP contribution in [0.25, 0.3) is 0 Å². The smallest absolute Gasteiger partial charge is 0.310 e. The summed E-state index contributed by atoms with van der Waals surface area (Å²) >= 11 is 1.59. The van der Waals surface area contributed by atoms with Crippen LogP contribution in [0.2, 0.25) is 0 Å². The normalized spacial score (nSPS) is 10.3. The molecule has 0 unspecified atom stereocenters. The molecular weight excluding hydrogens is 322 g/mol. The Kier molecular flexibility index (Phi) is 6.44. The third-order valence-electron chi connectivity index (χ3n) is 3.64. The molecule has 1 N–H and O–H groups in total. The number of amides is 1. The second kappa shape index (κ2) is 8.55. The van der Waals surface area contributed by atoms with Gasteiger partial charge in [-0.2, -0.15) is 0 Å². The highest BCUT2D eigenvalue weighted by molar-refractivity contribution is 7.98. The van der Waals surface area contributed by atoms with Gasteiger partial charge in [0.1, 0.15) is 0 Å². The zero-order chi connectivity index (χ0) is 17.5. The van der Waals surface area contributed by atoms with Gasteiger partial charge in [0.25, 0.3) is 5.91 Å². The van der Waals surface area contributed by atoms with E-state index < -0.39 is 5.97 Å². The summed E-state index contributed by atoms with van der Waals surface area (Å²) in [5, 5.41) is 2.72. The standard InChI is InChI=1S/C19H21NO3S/c1-13-7-8-15(9-14(13)2)10-19(22)23-12-18(21)20-16-5-4-6-17(11-16)24-3/h4-9,11H,10,12H2,1-3H3,(H,20,21). The van der Waals surface area contributed by atoms with Gasteiger partial charge in [0.2, 0.25) is 0 Å². The lowest BCUT2D eigenvalue weighted by molar-refractivity contribution is -0.146. The van der Waals surface area contributed by atoms with Crippen molar-refractivity contribution in [1.82, 2.24) is 0 Å². The van der Waals surface area contributed by atoms with Crippen molar-refractivity contribution < 1.29 is 14.3 Å². The molecule has 0 saturated carbocycles. The number of nitrogens with one attached hydrogen (secondary N) is 1. The number of ether oxygens (including phenoxy) is 1. The summed E-state index contributed by atoms with van der Waals surface area (Å²) in [6.07, 6.45) is 2.13. The molecule has 0 bridgehead atoms. The van der Waals surface area contributed by atoms with Crippen LogP contribution >= 0.6 is 11.8 Å². The summed E-state index contributed by atoms with van der Waals surface area (Å²) in [5.74, 6) is -0.757. The van der Waals surface area contributed by atoms with Crippen LogP contribution in [0.5, 0.6) is 0 Å². The Labute approximate surface area is 146 Å². The zero-order valence-electron chi connectivity index (χ0n) is 14.1. The Bertz CT molecular complexity index is 743. The molecule has 0 fully saturated rings. The largest absolute Gasteiger partial charge is 0.455 e. The third-order valence-corrected chi connectivity index (χ3v) is 4.36. The minimum atomic E-state index is -0.411. The van der Waals surface area contributed by atoms with Gasteiger partial charge in [-0.05, 0) is 55.0 Å². The number of thioether (sulfide) groups is 1. The summed E-state index contributed by atoms with van der Waals surface area (Å²) in [6.45, 7) is 3.74. The number of esters is 1. The highest BCUT2D eigenvalue weighted by Gasteiger charge is 2.09. The van der Waals surface area contributed by atoms with Gasteiger partial charge >= 0.3 is 5.97 Å². The number of rotatable bonds is 6. The van der Waals surface area contributed by atoms with Crippen molar-refractivity contribution >= 4 is 29.3 Å². The molecule has 0 saturated heterocycles. The predicted molar refractivity (Wildman–Crippen MR) is 97.4 cm³/mol. The average Bonchev–Trinajstić information content (AvgIpc) is 2.56. The number of benzene rings is 2. The second-order valence-corrected chi connectivity index (χ2v) is 6.42. The van der Waals surface area contributed by atoms with Gasteiger partial charge in [-0.25, -0.2) is 0 Å². The maximum absolute atomic E-state index is 11.9. The average molecular weight is 343 g/mol. The van der Waals surface area contributed by atoms with E-state index in [9.17, 15) is 9.59 Å². The Balaban J connectivity index is 1.82. The number of anilines is 1. The molecule has 24 heavy (non-hydrogen) atoms. The topological polar surface area (TPSA) is 55.4 Å². The van der Waals surface area contributed by atoms with E-state index in [0.29, 0.717) is 5.69 Å². The highest BCUT2D eigenvalue weighted by atomic mass is 32.2. The predicted octanol–water partition coefficient (Wildman–Crippen LogP) is 3.75. The molecule has 0 aliphatic heterocycles. The van der Waals surface area contributed by atoms with Crippen molar-refractivity contribution in [1.29, 1.82) is 0 Å². The summed E-state index contributed by atoms with van der Waals surface area (Å²) < 4.78 is 5.05. The van der Waals surface area contributed by atoms with E-state index in [1.54, 1.807) is 17.8 Å². The van der Waals surface area contributed by atoms with Gasteiger partial charge in [-0.1, -0.05) is 24.3 Å². The first-order valence-corrected chi connectivity index (χ1v) is 8.86. The maximum Gasteiger partial charge on any atom is 0.310 e. The Morgan fingerprint density at radius 2 is 1.88 bits per heavy atom.